The Balaban J connectivity index is 2.29. The van der Waals surface area contributed by atoms with Crippen molar-refractivity contribution in [3.8, 4) is 5.75 Å². The van der Waals surface area contributed by atoms with E-state index in [1.807, 2.05) is 12.1 Å². The molecule has 24 heavy (non-hydrogen) atoms. The highest BCUT2D eigenvalue weighted by molar-refractivity contribution is 9.10. The van der Waals surface area contributed by atoms with Gasteiger partial charge in [-0.1, -0.05) is 32.0 Å². The van der Waals surface area contributed by atoms with Gasteiger partial charge in [0, 0.05) is 9.86 Å². The normalized spacial score (nSPS) is 12.2. The number of aromatic nitrogens is 1. The SMILES string of the molecule is Cc1c(O)c2ccccc2n1S(=O)(=O)c1ccc(C(C)C)cc1Br. The third-order valence-electron chi connectivity index (χ3n) is 4.17. The first-order chi connectivity index (χ1) is 11.2. The van der Waals surface area contributed by atoms with Gasteiger partial charge in [-0.3, -0.25) is 0 Å². The van der Waals surface area contributed by atoms with Crippen LogP contribution in [0.4, 0.5) is 0 Å². The zero-order valence-electron chi connectivity index (χ0n) is 13.6. The van der Waals surface area contributed by atoms with Crippen molar-refractivity contribution in [2.24, 2.45) is 0 Å². The maximum absolute atomic E-state index is 13.2. The number of rotatable bonds is 3. The molecule has 0 amide bonds. The second kappa shape index (κ2) is 5.93. The lowest BCUT2D eigenvalue weighted by molar-refractivity contribution is 0.475. The van der Waals surface area contributed by atoms with Gasteiger partial charge in [-0.25, -0.2) is 12.4 Å². The maximum Gasteiger partial charge on any atom is 0.269 e. The molecule has 1 heterocycles. The van der Waals surface area contributed by atoms with Crippen LogP contribution in [0.15, 0.2) is 51.8 Å². The summed E-state index contributed by atoms with van der Waals surface area (Å²) in [6, 6.07) is 12.2. The van der Waals surface area contributed by atoms with Crippen LogP contribution in [0.25, 0.3) is 10.9 Å². The van der Waals surface area contributed by atoms with Crippen LogP contribution in [0.3, 0.4) is 0 Å². The summed E-state index contributed by atoms with van der Waals surface area (Å²) in [5.41, 5.74) is 1.82. The van der Waals surface area contributed by atoms with Gasteiger partial charge in [0.2, 0.25) is 0 Å². The van der Waals surface area contributed by atoms with Gasteiger partial charge in [0.15, 0.2) is 0 Å². The average Bonchev–Trinajstić information content (AvgIpc) is 2.79. The fourth-order valence-corrected chi connectivity index (χ4v) is 5.43. The lowest BCUT2D eigenvalue weighted by Crippen LogP contribution is -2.15. The van der Waals surface area contributed by atoms with Gasteiger partial charge in [0.05, 0.1) is 11.2 Å². The fraction of sp³-hybridized carbons (Fsp3) is 0.222. The van der Waals surface area contributed by atoms with Crippen LogP contribution < -0.4 is 0 Å². The van der Waals surface area contributed by atoms with Gasteiger partial charge in [-0.2, -0.15) is 0 Å². The fourth-order valence-electron chi connectivity index (χ4n) is 2.82. The van der Waals surface area contributed by atoms with Gasteiger partial charge in [0.25, 0.3) is 10.0 Å². The smallest absolute Gasteiger partial charge is 0.269 e. The van der Waals surface area contributed by atoms with E-state index in [9.17, 15) is 13.5 Å². The average molecular weight is 408 g/mol. The van der Waals surface area contributed by atoms with E-state index in [0.717, 1.165) is 5.56 Å². The van der Waals surface area contributed by atoms with E-state index < -0.39 is 10.0 Å². The first-order valence-electron chi connectivity index (χ1n) is 7.59. The molecule has 0 atom stereocenters. The van der Waals surface area contributed by atoms with Crippen LogP contribution in [0.5, 0.6) is 5.75 Å². The molecule has 0 fully saturated rings. The summed E-state index contributed by atoms with van der Waals surface area (Å²) in [5, 5.41) is 10.8. The molecule has 0 aliphatic carbocycles. The molecule has 0 saturated carbocycles. The quantitative estimate of drug-likeness (QED) is 0.679. The minimum atomic E-state index is -3.84. The highest BCUT2D eigenvalue weighted by atomic mass is 79.9. The van der Waals surface area contributed by atoms with Gasteiger partial charge >= 0.3 is 0 Å². The van der Waals surface area contributed by atoms with E-state index in [0.29, 0.717) is 27.0 Å². The van der Waals surface area contributed by atoms with Crippen molar-refractivity contribution in [3.63, 3.8) is 0 Å². The Morgan fingerprint density at radius 2 is 1.79 bits per heavy atom. The highest BCUT2D eigenvalue weighted by Gasteiger charge is 2.26. The lowest BCUT2D eigenvalue weighted by Gasteiger charge is -2.13. The zero-order valence-corrected chi connectivity index (χ0v) is 16.0. The Hall–Kier alpha value is -1.79. The Kier molecular flexibility index (Phi) is 4.21. The Labute approximate surface area is 149 Å². The minimum Gasteiger partial charge on any atom is -0.505 e. The van der Waals surface area contributed by atoms with Crippen LogP contribution in [-0.2, 0) is 10.0 Å². The van der Waals surface area contributed by atoms with Crippen LogP contribution in [-0.4, -0.2) is 17.5 Å². The van der Waals surface area contributed by atoms with Gasteiger partial charge in [0.1, 0.15) is 10.6 Å². The standard InChI is InChI=1S/C18H18BrNO3S/c1-11(2)13-8-9-17(15(19)10-13)24(22,23)20-12(3)18(21)14-6-4-5-7-16(14)20/h4-11,21H,1-3H3. The van der Waals surface area contributed by atoms with Gasteiger partial charge < -0.3 is 5.11 Å². The van der Waals surface area contributed by atoms with Crippen molar-refractivity contribution in [2.45, 2.75) is 31.6 Å². The molecule has 1 aromatic heterocycles. The molecule has 0 spiro atoms. The first kappa shape index (κ1) is 17.0. The number of benzene rings is 2. The van der Waals surface area contributed by atoms with E-state index in [1.54, 1.807) is 37.3 Å². The number of hydrogen-bond donors (Lipinski definition) is 1. The number of aromatic hydroxyl groups is 1. The van der Waals surface area contributed by atoms with Crippen LogP contribution in [0, 0.1) is 6.92 Å². The molecule has 3 aromatic rings. The number of fused-ring (bicyclic) bond motifs is 1. The first-order valence-corrected chi connectivity index (χ1v) is 9.82. The Morgan fingerprint density at radius 3 is 2.42 bits per heavy atom. The van der Waals surface area contributed by atoms with E-state index in [2.05, 4.69) is 29.8 Å². The zero-order chi connectivity index (χ0) is 17.6. The molecular weight excluding hydrogens is 390 g/mol. The number of nitrogens with zero attached hydrogens (tertiary/aromatic N) is 1. The second-order valence-corrected chi connectivity index (χ2v) is 8.67. The topological polar surface area (TPSA) is 59.3 Å². The summed E-state index contributed by atoms with van der Waals surface area (Å²) in [6.45, 7) is 5.71. The number of hydrogen-bond acceptors (Lipinski definition) is 3. The molecule has 0 radical (unpaired) electrons. The summed E-state index contributed by atoms with van der Waals surface area (Å²) in [7, 11) is -3.84. The molecule has 0 unspecified atom stereocenters. The van der Waals surface area contributed by atoms with E-state index in [4.69, 9.17) is 0 Å². The summed E-state index contributed by atoms with van der Waals surface area (Å²) in [5.74, 6) is 0.292. The molecule has 3 rings (SSSR count). The van der Waals surface area contributed by atoms with Crippen molar-refractivity contribution >= 4 is 36.9 Å². The molecule has 0 saturated heterocycles. The molecule has 2 aromatic carbocycles. The maximum atomic E-state index is 13.2. The molecule has 0 bridgehead atoms. The van der Waals surface area contributed by atoms with Gasteiger partial charge in [-0.15, -0.1) is 0 Å². The monoisotopic (exact) mass is 407 g/mol. The molecule has 4 nitrogen and oxygen atoms in total. The Bertz CT molecular complexity index is 1040. The number of para-hydroxylation sites is 1. The second-order valence-electron chi connectivity index (χ2n) is 6.07. The molecule has 1 N–H and O–H groups in total. The van der Waals surface area contributed by atoms with Crippen LogP contribution in [0.1, 0.15) is 31.0 Å². The van der Waals surface area contributed by atoms with Gasteiger partial charge in [-0.05, 0) is 58.6 Å². The predicted octanol–water partition coefficient (Wildman–Crippen LogP) is 4.78. The molecule has 6 heteroatoms. The predicted molar refractivity (Wildman–Crippen MR) is 99.2 cm³/mol. The minimum absolute atomic E-state index is 0.0101. The summed E-state index contributed by atoms with van der Waals surface area (Å²) < 4.78 is 28.1. The van der Waals surface area contributed by atoms with E-state index >= 15 is 0 Å². The molecule has 0 aliphatic heterocycles. The van der Waals surface area contributed by atoms with Crippen molar-refractivity contribution < 1.29 is 13.5 Å². The van der Waals surface area contributed by atoms with Crippen LogP contribution >= 0.6 is 15.9 Å². The Morgan fingerprint density at radius 1 is 1.12 bits per heavy atom. The highest BCUT2D eigenvalue weighted by Crippen LogP contribution is 2.36. The van der Waals surface area contributed by atoms with E-state index in [1.165, 1.54) is 3.97 Å². The largest absolute Gasteiger partial charge is 0.505 e. The van der Waals surface area contributed by atoms with Crippen molar-refractivity contribution in [2.75, 3.05) is 0 Å². The summed E-state index contributed by atoms with van der Waals surface area (Å²) in [4.78, 5) is 0.177. The lowest BCUT2D eigenvalue weighted by atomic mass is 10.0. The molecule has 126 valence electrons. The summed E-state index contributed by atoms with van der Waals surface area (Å²) in [6.07, 6.45) is 0. The van der Waals surface area contributed by atoms with E-state index in [-0.39, 0.29) is 10.6 Å². The van der Waals surface area contributed by atoms with Crippen molar-refractivity contribution in [1.29, 1.82) is 0 Å². The molecular formula is C18H18BrNO3S. The number of halogens is 1. The summed E-state index contributed by atoms with van der Waals surface area (Å²) >= 11 is 3.39. The van der Waals surface area contributed by atoms with Crippen LogP contribution in [0.2, 0.25) is 0 Å². The van der Waals surface area contributed by atoms with Crippen molar-refractivity contribution in [1.82, 2.24) is 3.97 Å². The third-order valence-corrected chi connectivity index (χ3v) is 6.95. The molecule has 0 aliphatic rings. The third kappa shape index (κ3) is 2.54. The van der Waals surface area contributed by atoms with Crippen molar-refractivity contribution in [3.05, 3.63) is 58.2 Å².